The minimum atomic E-state index is -0.202. The number of likely N-dealkylation sites (tertiary alicyclic amines) is 1. The Morgan fingerprint density at radius 3 is 3.07 bits per heavy atom. The second kappa shape index (κ2) is 5.72. The van der Waals surface area contributed by atoms with Crippen molar-refractivity contribution >= 4 is 5.91 Å². The molecule has 0 aromatic carbocycles. The maximum absolute atomic E-state index is 11.8. The molecular formula is C11H18N2O2. The Labute approximate surface area is 90.8 Å². The van der Waals surface area contributed by atoms with E-state index in [0.717, 1.165) is 19.4 Å². The lowest BCUT2D eigenvalue weighted by Gasteiger charge is -2.21. The first-order chi connectivity index (χ1) is 7.19. The van der Waals surface area contributed by atoms with E-state index in [0.29, 0.717) is 13.0 Å². The minimum absolute atomic E-state index is 0.0867. The summed E-state index contributed by atoms with van der Waals surface area (Å²) in [6.07, 6.45) is 2.25. The number of methoxy groups -OCH3 is 1. The fourth-order valence-electron chi connectivity index (χ4n) is 1.96. The van der Waals surface area contributed by atoms with E-state index in [2.05, 4.69) is 6.07 Å². The lowest BCUT2D eigenvalue weighted by Crippen LogP contribution is -2.35. The fraction of sp³-hybridized carbons (Fsp3) is 0.818. The van der Waals surface area contributed by atoms with Crippen molar-refractivity contribution in [2.75, 3.05) is 20.3 Å². The van der Waals surface area contributed by atoms with Crippen LogP contribution >= 0.6 is 0 Å². The molecule has 1 rings (SSSR count). The first-order valence-electron chi connectivity index (χ1n) is 5.37. The van der Waals surface area contributed by atoms with Crippen LogP contribution < -0.4 is 0 Å². The minimum Gasteiger partial charge on any atom is -0.384 e. The normalized spacial score (nSPS) is 22.5. The van der Waals surface area contributed by atoms with Crippen LogP contribution in [0.2, 0.25) is 0 Å². The largest absolute Gasteiger partial charge is 0.384 e. The topological polar surface area (TPSA) is 53.3 Å². The second-order valence-electron chi connectivity index (χ2n) is 4.14. The average molecular weight is 210 g/mol. The van der Waals surface area contributed by atoms with Crippen LogP contribution in [0.3, 0.4) is 0 Å². The van der Waals surface area contributed by atoms with E-state index in [4.69, 9.17) is 10.00 Å². The lowest BCUT2D eigenvalue weighted by molar-refractivity contribution is -0.132. The molecule has 0 spiro atoms. The van der Waals surface area contributed by atoms with E-state index in [1.165, 1.54) is 0 Å². The van der Waals surface area contributed by atoms with Gasteiger partial charge in [0.05, 0.1) is 6.07 Å². The van der Waals surface area contributed by atoms with Gasteiger partial charge in [0.1, 0.15) is 6.04 Å². The number of ether oxygens (including phenoxy) is 1. The van der Waals surface area contributed by atoms with Gasteiger partial charge < -0.3 is 9.64 Å². The van der Waals surface area contributed by atoms with Gasteiger partial charge in [-0.15, -0.1) is 0 Å². The summed E-state index contributed by atoms with van der Waals surface area (Å²) < 4.78 is 4.98. The van der Waals surface area contributed by atoms with E-state index < -0.39 is 0 Å². The van der Waals surface area contributed by atoms with Crippen molar-refractivity contribution in [2.24, 2.45) is 5.92 Å². The second-order valence-corrected chi connectivity index (χ2v) is 4.14. The summed E-state index contributed by atoms with van der Waals surface area (Å²) in [4.78, 5) is 13.5. The number of carbonyl (C=O) groups excluding carboxylic acids is 1. The van der Waals surface area contributed by atoms with Gasteiger partial charge in [0.25, 0.3) is 0 Å². The van der Waals surface area contributed by atoms with E-state index in [9.17, 15) is 4.79 Å². The van der Waals surface area contributed by atoms with Gasteiger partial charge in [-0.1, -0.05) is 6.92 Å². The number of hydrogen-bond acceptors (Lipinski definition) is 3. The molecule has 0 radical (unpaired) electrons. The molecule has 0 aromatic heterocycles. The van der Waals surface area contributed by atoms with Gasteiger partial charge in [-0.05, 0) is 18.8 Å². The molecule has 0 saturated carbocycles. The highest BCUT2D eigenvalue weighted by Crippen LogP contribution is 2.18. The molecule has 1 saturated heterocycles. The van der Waals surface area contributed by atoms with Crippen molar-refractivity contribution in [1.29, 1.82) is 5.26 Å². The zero-order chi connectivity index (χ0) is 11.3. The standard InChI is InChI=1S/C11H18N2O2/c1-9(8-15-2)6-11(14)13-5-3-4-10(13)7-12/h9-10H,3-6,8H2,1-2H3. The maximum Gasteiger partial charge on any atom is 0.223 e. The summed E-state index contributed by atoms with van der Waals surface area (Å²) in [5, 5.41) is 8.85. The van der Waals surface area contributed by atoms with Crippen LogP contribution in [0.1, 0.15) is 26.2 Å². The monoisotopic (exact) mass is 210 g/mol. The molecular weight excluding hydrogens is 192 g/mol. The number of rotatable bonds is 4. The van der Waals surface area contributed by atoms with Gasteiger partial charge in [-0.2, -0.15) is 5.26 Å². The first-order valence-corrected chi connectivity index (χ1v) is 5.37. The fourth-order valence-corrected chi connectivity index (χ4v) is 1.96. The van der Waals surface area contributed by atoms with Gasteiger partial charge in [0.15, 0.2) is 0 Å². The average Bonchev–Trinajstić information content (AvgIpc) is 2.65. The van der Waals surface area contributed by atoms with Gasteiger partial charge in [-0.25, -0.2) is 0 Å². The van der Waals surface area contributed by atoms with E-state index in [1.807, 2.05) is 6.92 Å². The van der Waals surface area contributed by atoms with E-state index >= 15 is 0 Å². The highest BCUT2D eigenvalue weighted by atomic mass is 16.5. The number of nitriles is 1. The van der Waals surface area contributed by atoms with Crippen molar-refractivity contribution in [3.63, 3.8) is 0 Å². The zero-order valence-corrected chi connectivity index (χ0v) is 9.40. The quantitative estimate of drug-likeness (QED) is 0.700. The molecule has 1 aliphatic heterocycles. The number of nitrogens with zero attached hydrogens (tertiary/aromatic N) is 2. The smallest absolute Gasteiger partial charge is 0.223 e. The number of carbonyl (C=O) groups is 1. The zero-order valence-electron chi connectivity index (χ0n) is 9.40. The predicted octanol–water partition coefficient (Wildman–Crippen LogP) is 1.17. The highest BCUT2D eigenvalue weighted by Gasteiger charge is 2.28. The van der Waals surface area contributed by atoms with Crippen LogP contribution in [-0.4, -0.2) is 37.1 Å². The molecule has 0 aliphatic carbocycles. The number of hydrogen-bond donors (Lipinski definition) is 0. The summed E-state index contributed by atoms with van der Waals surface area (Å²) in [6, 6.07) is 1.97. The summed E-state index contributed by atoms with van der Waals surface area (Å²) in [5.41, 5.74) is 0. The van der Waals surface area contributed by atoms with Crippen LogP contribution in [-0.2, 0) is 9.53 Å². The van der Waals surface area contributed by atoms with Crippen LogP contribution in [0, 0.1) is 17.2 Å². The molecule has 4 heteroatoms. The van der Waals surface area contributed by atoms with Gasteiger partial charge in [0.2, 0.25) is 5.91 Å². The number of amides is 1. The van der Waals surface area contributed by atoms with Crippen LogP contribution in [0.4, 0.5) is 0 Å². The van der Waals surface area contributed by atoms with Gasteiger partial charge >= 0.3 is 0 Å². The van der Waals surface area contributed by atoms with Crippen LogP contribution in [0.15, 0.2) is 0 Å². The molecule has 4 nitrogen and oxygen atoms in total. The van der Waals surface area contributed by atoms with Crippen LogP contribution in [0.25, 0.3) is 0 Å². The van der Waals surface area contributed by atoms with Gasteiger partial charge in [0, 0.05) is 26.7 Å². The molecule has 0 N–H and O–H groups in total. The molecule has 15 heavy (non-hydrogen) atoms. The van der Waals surface area contributed by atoms with E-state index in [1.54, 1.807) is 12.0 Å². The molecule has 1 heterocycles. The Morgan fingerprint density at radius 1 is 1.73 bits per heavy atom. The molecule has 1 amide bonds. The molecule has 1 fully saturated rings. The Bertz CT molecular complexity index is 260. The first kappa shape index (κ1) is 12.0. The predicted molar refractivity (Wildman–Crippen MR) is 56.0 cm³/mol. The summed E-state index contributed by atoms with van der Waals surface area (Å²) in [7, 11) is 1.63. The molecule has 0 bridgehead atoms. The van der Waals surface area contributed by atoms with Crippen molar-refractivity contribution in [3.8, 4) is 6.07 Å². The molecule has 2 atom stereocenters. The SMILES string of the molecule is COCC(C)CC(=O)N1CCCC1C#N. The van der Waals surface area contributed by atoms with Crippen molar-refractivity contribution in [2.45, 2.75) is 32.2 Å². The molecule has 0 aromatic rings. The van der Waals surface area contributed by atoms with Gasteiger partial charge in [-0.3, -0.25) is 4.79 Å². The summed E-state index contributed by atoms with van der Waals surface area (Å²) in [6.45, 7) is 3.31. The Kier molecular flexibility index (Phi) is 4.57. The summed E-state index contributed by atoms with van der Waals surface area (Å²) >= 11 is 0. The lowest BCUT2D eigenvalue weighted by atomic mass is 10.1. The third-order valence-electron chi connectivity index (χ3n) is 2.70. The van der Waals surface area contributed by atoms with Crippen molar-refractivity contribution in [1.82, 2.24) is 4.90 Å². The van der Waals surface area contributed by atoms with Crippen molar-refractivity contribution in [3.05, 3.63) is 0 Å². The third-order valence-corrected chi connectivity index (χ3v) is 2.70. The maximum atomic E-state index is 11.8. The summed E-state index contributed by atoms with van der Waals surface area (Å²) in [5.74, 6) is 0.311. The van der Waals surface area contributed by atoms with Crippen LogP contribution in [0.5, 0.6) is 0 Å². The van der Waals surface area contributed by atoms with E-state index in [-0.39, 0.29) is 17.9 Å². The Morgan fingerprint density at radius 2 is 2.47 bits per heavy atom. The highest BCUT2D eigenvalue weighted by molar-refractivity contribution is 5.77. The molecule has 2 unspecified atom stereocenters. The molecule has 1 aliphatic rings. The molecule has 84 valence electrons. The third kappa shape index (κ3) is 3.21. The Balaban J connectivity index is 2.43. The van der Waals surface area contributed by atoms with Crippen molar-refractivity contribution < 1.29 is 9.53 Å². The Hall–Kier alpha value is -1.08.